The molecule has 2 aliphatic rings. The number of aromatic nitrogens is 1. The zero-order chi connectivity index (χ0) is 13.1. The van der Waals surface area contributed by atoms with Gasteiger partial charge in [-0.25, -0.2) is 0 Å². The van der Waals surface area contributed by atoms with E-state index in [-0.39, 0.29) is 11.4 Å². The second kappa shape index (κ2) is 5.29. The number of rotatable bonds is 2. The van der Waals surface area contributed by atoms with Crippen LogP contribution in [0.1, 0.15) is 37.8 Å². The summed E-state index contributed by atoms with van der Waals surface area (Å²) < 4.78 is 0. The maximum absolute atomic E-state index is 11.6. The lowest BCUT2D eigenvalue weighted by Crippen LogP contribution is -2.57. The molecule has 3 rings (SSSR count). The number of nitrogens with zero attached hydrogens (tertiary/aromatic N) is 2. The smallest absolute Gasteiger partial charge is 0.220 e. The average Bonchev–Trinajstić information content (AvgIpc) is 2.43. The largest absolute Gasteiger partial charge is 0.351 e. The van der Waals surface area contributed by atoms with Gasteiger partial charge in [-0.2, -0.15) is 0 Å². The van der Waals surface area contributed by atoms with E-state index in [0.717, 1.165) is 51.0 Å². The number of carbonyl (C=O) groups excluding carboxylic acids is 1. The first-order valence-electron chi connectivity index (χ1n) is 7.19. The van der Waals surface area contributed by atoms with Crippen molar-refractivity contribution in [1.29, 1.82) is 0 Å². The van der Waals surface area contributed by atoms with Crippen LogP contribution in [0.2, 0.25) is 0 Å². The quantitative estimate of drug-likeness (QED) is 0.879. The third kappa shape index (κ3) is 2.95. The molecular weight excluding hydrogens is 238 g/mol. The van der Waals surface area contributed by atoms with Crippen molar-refractivity contribution < 1.29 is 4.79 Å². The highest BCUT2D eigenvalue weighted by molar-refractivity contribution is 5.77. The van der Waals surface area contributed by atoms with Gasteiger partial charge in [-0.3, -0.25) is 14.7 Å². The molecule has 1 amide bonds. The minimum atomic E-state index is 0.0932. The molecule has 0 aromatic carbocycles. The molecule has 102 valence electrons. The van der Waals surface area contributed by atoms with Crippen molar-refractivity contribution in [2.24, 2.45) is 0 Å². The summed E-state index contributed by atoms with van der Waals surface area (Å²) in [5.41, 5.74) is 1.22. The number of hydrogen-bond donors (Lipinski definition) is 1. The Morgan fingerprint density at radius 3 is 2.79 bits per heavy atom. The first kappa shape index (κ1) is 12.6. The Hall–Kier alpha value is -1.42. The maximum atomic E-state index is 11.6. The lowest BCUT2D eigenvalue weighted by molar-refractivity contribution is -0.126. The minimum absolute atomic E-state index is 0.0932. The molecule has 0 aliphatic carbocycles. The van der Waals surface area contributed by atoms with Crippen LogP contribution >= 0.6 is 0 Å². The van der Waals surface area contributed by atoms with Crippen molar-refractivity contribution in [2.45, 2.75) is 44.2 Å². The topological polar surface area (TPSA) is 45.2 Å². The molecule has 1 spiro atoms. The molecule has 1 N–H and O–H groups in total. The normalized spacial score (nSPS) is 23.3. The van der Waals surface area contributed by atoms with Crippen LogP contribution in [0.4, 0.5) is 0 Å². The van der Waals surface area contributed by atoms with Gasteiger partial charge in [-0.15, -0.1) is 0 Å². The summed E-state index contributed by atoms with van der Waals surface area (Å²) in [4.78, 5) is 18.4. The van der Waals surface area contributed by atoms with E-state index in [4.69, 9.17) is 0 Å². The van der Waals surface area contributed by atoms with Gasteiger partial charge in [0.05, 0.1) is 5.69 Å². The average molecular weight is 259 g/mol. The van der Waals surface area contributed by atoms with E-state index in [1.54, 1.807) is 0 Å². The monoisotopic (exact) mass is 259 g/mol. The van der Waals surface area contributed by atoms with E-state index in [1.165, 1.54) is 0 Å². The third-order valence-corrected chi connectivity index (χ3v) is 4.39. The predicted octanol–water partition coefficient (Wildman–Crippen LogP) is 1.72. The van der Waals surface area contributed by atoms with Crippen LogP contribution in [0.3, 0.4) is 0 Å². The van der Waals surface area contributed by atoms with Crippen molar-refractivity contribution in [1.82, 2.24) is 15.2 Å². The fraction of sp³-hybridized carbons (Fsp3) is 0.600. The Kier molecular flexibility index (Phi) is 3.51. The van der Waals surface area contributed by atoms with Gasteiger partial charge in [-0.05, 0) is 37.8 Å². The molecule has 2 aliphatic heterocycles. The van der Waals surface area contributed by atoms with Crippen LogP contribution in [0, 0.1) is 0 Å². The first-order chi connectivity index (χ1) is 9.26. The molecular formula is C15H21N3O. The lowest BCUT2D eigenvalue weighted by Gasteiger charge is -2.44. The van der Waals surface area contributed by atoms with E-state index in [9.17, 15) is 4.79 Å². The Morgan fingerprint density at radius 1 is 1.26 bits per heavy atom. The standard InChI is InChI=1S/C15H21N3O/c19-14-5-3-6-15(17-14)7-10-18(11-8-15)12-13-4-1-2-9-16-13/h1-2,4,9H,3,5-8,10-12H2,(H,17,19). The van der Waals surface area contributed by atoms with Gasteiger partial charge in [0.1, 0.15) is 0 Å². The molecule has 4 heteroatoms. The molecule has 3 heterocycles. The van der Waals surface area contributed by atoms with Gasteiger partial charge in [0, 0.05) is 37.8 Å². The predicted molar refractivity (Wildman–Crippen MR) is 73.5 cm³/mol. The maximum Gasteiger partial charge on any atom is 0.220 e. The molecule has 1 aromatic heterocycles. The first-order valence-corrected chi connectivity index (χ1v) is 7.19. The van der Waals surface area contributed by atoms with Gasteiger partial charge >= 0.3 is 0 Å². The zero-order valence-electron chi connectivity index (χ0n) is 11.3. The molecule has 2 saturated heterocycles. The fourth-order valence-corrected chi connectivity index (χ4v) is 3.24. The molecule has 0 unspecified atom stereocenters. The minimum Gasteiger partial charge on any atom is -0.351 e. The highest BCUT2D eigenvalue weighted by Gasteiger charge is 2.37. The highest BCUT2D eigenvalue weighted by Crippen LogP contribution is 2.31. The van der Waals surface area contributed by atoms with Crippen molar-refractivity contribution in [3.05, 3.63) is 30.1 Å². The number of amides is 1. The van der Waals surface area contributed by atoms with E-state index in [0.29, 0.717) is 6.42 Å². The second-order valence-electron chi connectivity index (χ2n) is 5.78. The molecule has 0 bridgehead atoms. The molecule has 0 saturated carbocycles. The van der Waals surface area contributed by atoms with Gasteiger partial charge in [0.2, 0.25) is 5.91 Å². The Morgan fingerprint density at radius 2 is 2.11 bits per heavy atom. The Labute approximate surface area is 114 Å². The molecule has 0 radical (unpaired) electrons. The molecule has 2 fully saturated rings. The SMILES string of the molecule is O=C1CCCC2(CCN(Cc3ccccn3)CC2)N1. The van der Waals surface area contributed by atoms with E-state index in [1.807, 2.05) is 18.3 Å². The van der Waals surface area contributed by atoms with Gasteiger partial charge in [0.25, 0.3) is 0 Å². The number of hydrogen-bond acceptors (Lipinski definition) is 3. The molecule has 4 nitrogen and oxygen atoms in total. The summed E-state index contributed by atoms with van der Waals surface area (Å²) in [6.07, 6.45) is 6.90. The highest BCUT2D eigenvalue weighted by atomic mass is 16.1. The number of nitrogens with one attached hydrogen (secondary N) is 1. The number of likely N-dealkylation sites (tertiary alicyclic amines) is 1. The molecule has 0 atom stereocenters. The van der Waals surface area contributed by atoms with Crippen LogP contribution in [0.5, 0.6) is 0 Å². The lowest BCUT2D eigenvalue weighted by atomic mass is 9.80. The van der Waals surface area contributed by atoms with Crippen molar-refractivity contribution in [2.75, 3.05) is 13.1 Å². The summed E-state index contributed by atoms with van der Waals surface area (Å²) in [7, 11) is 0. The summed E-state index contributed by atoms with van der Waals surface area (Å²) in [5, 5.41) is 3.23. The van der Waals surface area contributed by atoms with Gasteiger partial charge < -0.3 is 5.32 Å². The van der Waals surface area contributed by atoms with Crippen molar-refractivity contribution in [3.8, 4) is 0 Å². The van der Waals surface area contributed by atoms with Crippen LogP contribution in [0.25, 0.3) is 0 Å². The van der Waals surface area contributed by atoms with Gasteiger partial charge in [0.15, 0.2) is 0 Å². The number of carbonyl (C=O) groups is 1. The van der Waals surface area contributed by atoms with Crippen molar-refractivity contribution in [3.63, 3.8) is 0 Å². The summed E-state index contributed by atoms with van der Waals surface area (Å²) in [5.74, 6) is 0.240. The summed E-state index contributed by atoms with van der Waals surface area (Å²) in [6, 6.07) is 6.06. The van der Waals surface area contributed by atoms with Crippen LogP contribution in [-0.4, -0.2) is 34.4 Å². The van der Waals surface area contributed by atoms with Gasteiger partial charge in [-0.1, -0.05) is 6.07 Å². The molecule has 1 aromatic rings. The summed E-state index contributed by atoms with van der Waals surface area (Å²) >= 11 is 0. The number of piperidine rings is 2. The van der Waals surface area contributed by atoms with Crippen LogP contribution in [0.15, 0.2) is 24.4 Å². The van der Waals surface area contributed by atoms with Crippen molar-refractivity contribution >= 4 is 5.91 Å². The zero-order valence-corrected chi connectivity index (χ0v) is 11.3. The van der Waals surface area contributed by atoms with E-state index < -0.39 is 0 Å². The number of pyridine rings is 1. The third-order valence-electron chi connectivity index (χ3n) is 4.39. The fourth-order valence-electron chi connectivity index (χ4n) is 3.24. The Bertz CT molecular complexity index is 438. The Balaban J connectivity index is 1.56. The van der Waals surface area contributed by atoms with Crippen LogP contribution < -0.4 is 5.32 Å². The second-order valence-corrected chi connectivity index (χ2v) is 5.78. The van der Waals surface area contributed by atoms with E-state index in [2.05, 4.69) is 21.3 Å². The van der Waals surface area contributed by atoms with Crippen LogP contribution in [-0.2, 0) is 11.3 Å². The molecule has 19 heavy (non-hydrogen) atoms. The summed E-state index contributed by atoms with van der Waals surface area (Å²) in [6.45, 7) is 3.03. The van der Waals surface area contributed by atoms with E-state index >= 15 is 0 Å².